The van der Waals surface area contributed by atoms with Crippen LogP contribution in [0, 0.1) is 5.92 Å². The number of rotatable bonds is 6. The van der Waals surface area contributed by atoms with Gasteiger partial charge in [0.15, 0.2) is 0 Å². The molecule has 3 N–H and O–H groups in total. The first kappa shape index (κ1) is 14.2. The number of aliphatic hydroxyl groups is 2. The van der Waals surface area contributed by atoms with E-state index in [1.807, 2.05) is 26.8 Å². The molecule has 0 aromatic heterocycles. The van der Waals surface area contributed by atoms with Gasteiger partial charge in [0, 0.05) is 18.5 Å². The van der Waals surface area contributed by atoms with Crippen molar-refractivity contribution in [1.82, 2.24) is 5.32 Å². The fraction of sp³-hybridized carbons (Fsp3) is 0.692. The summed E-state index contributed by atoms with van der Waals surface area (Å²) in [6.07, 6.45) is 4.09. The predicted molar refractivity (Wildman–Crippen MR) is 67.5 cm³/mol. The zero-order chi connectivity index (χ0) is 12.8. The summed E-state index contributed by atoms with van der Waals surface area (Å²) in [6, 6.07) is 0.346. The van der Waals surface area contributed by atoms with Gasteiger partial charge in [-0.15, -0.1) is 0 Å². The van der Waals surface area contributed by atoms with E-state index in [9.17, 15) is 10.2 Å². The number of aliphatic hydroxyl groups excluding tert-OH is 2. The molecule has 4 heteroatoms. The Morgan fingerprint density at radius 2 is 2.12 bits per heavy atom. The van der Waals surface area contributed by atoms with Crippen LogP contribution in [0.15, 0.2) is 24.0 Å². The van der Waals surface area contributed by atoms with Crippen molar-refractivity contribution >= 4 is 0 Å². The standard InChI is InChI=1S/C13H23NO3/c1-4-17-13-7-10(5-6-11(13)15)12(16)8-14-9(2)3/h5-7,9-12,14-16H,4,8H2,1-3H3. The lowest BCUT2D eigenvalue weighted by atomic mass is 9.95. The van der Waals surface area contributed by atoms with Gasteiger partial charge in [0.05, 0.1) is 12.7 Å². The van der Waals surface area contributed by atoms with Gasteiger partial charge >= 0.3 is 0 Å². The minimum atomic E-state index is -0.684. The van der Waals surface area contributed by atoms with Crippen LogP contribution >= 0.6 is 0 Å². The van der Waals surface area contributed by atoms with Crippen molar-refractivity contribution in [2.24, 2.45) is 5.92 Å². The zero-order valence-corrected chi connectivity index (χ0v) is 10.8. The molecular weight excluding hydrogens is 218 g/mol. The molecule has 1 aliphatic carbocycles. The predicted octanol–water partition coefficient (Wildman–Crippen LogP) is 0.813. The van der Waals surface area contributed by atoms with Crippen LogP contribution in [-0.4, -0.2) is 41.6 Å². The van der Waals surface area contributed by atoms with E-state index in [-0.39, 0.29) is 5.92 Å². The monoisotopic (exact) mass is 241 g/mol. The molecule has 0 heterocycles. The van der Waals surface area contributed by atoms with Crippen molar-refractivity contribution in [2.45, 2.75) is 39.0 Å². The molecule has 1 rings (SSSR count). The van der Waals surface area contributed by atoms with Crippen molar-refractivity contribution < 1.29 is 14.9 Å². The van der Waals surface area contributed by atoms with E-state index in [4.69, 9.17) is 4.74 Å². The average molecular weight is 241 g/mol. The molecule has 0 saturated carbocycles. The molecule has 0 fully saturated rings. The minimum Gasteiger partial charge on any atom is -0.495 e. The first-order chi connectivity index (χ1) is 8.04. The van der Waals surface area contributed by atoms with Gasteiger partial charge in [0.25, 0.3) is 0 Å². The lowest BCUT2D eigenvalue weighted by molar-refractivity contribution is 0.112. The van der Waals surface area contributed by atoms with Crippen molar-refractivity contribution in [3.05, 3.63) is 24.0 Å². The maximum Gasteiger partial charge on any atom is 0.129 e. The van der Waals surface area contributed by atoms with Crippen LogP contribution in [0.1, 0.15) is 20.8 Å². The summed E-state index contributed by atoms with van der Waals surface area (Å²) < 4.78 is 5.33. The van der Waals surface area contributed by atoms with Gasteiger partial charge in [0.1, 0.15) is 11.9 Å². The van der Waals surface area contributed by atoms with Crippen LogP contribution in [0.2, 0.25) is 0 Å². The van der Waals surface area contributed by atoms with E-state index < -0.39 is 12.2 Å². The third-order valence-electron chi connectivity index (χ3n) is 2.65. The summed E-state index contributed by atoms with van der Waals surface area (Å²) in [5.74, 6) is 0.426. The molecule has 0 saturated heterocycles. The molecule has 0 radical (unpaired) electrons. The smallest absolute Gasteiger partial charge is 0.129 e. The van der Waals surface area contributed by atoms with Crippen LogP contribution in [-0.2, 0) is 4.74 Å². The summed E-state index contributed by atoms with van der Waals surface area (Å²) in [5.41, 5.74) is 0. The number of hydrogen-bond donors (Lipinski definition) is 3. The Morgan fingerprint density at radius 1 is 1.41 bits per heavy atom. The summed E-state index contributed by atoms with van der Waals surface area (Å²) in [6.45, 7) is 6.99. The second kappa shape index (κ2) is 6.79. The zero-order valence-electron chi connectivity index (χ0n) is 10.8. The van der Waals surface area contributed by atoms with Crippen molar-refractivity contribution in [1.29, 1.82) is 0 Å². The van der Waals surface area contributed by atoms with Gasteiger partial charge in [-0.3, -0.25) is 0 Å². The molecule has 3 unspecified atom stereocenters. The highest BCUT2D eigenvalue weighted by atomic mass is 16.5. The summed E-state index contributed by atoms with van der Waals surface area (Å²) in [4.78, 5) is 0. The van der Waals surface area contributed by atoms with Crippen molar-refractivity contribution in [3.63, 3.8) is 0 Å². The highest BCUT2D eigenvalue weighted by Gasteiger charge is 2.22. The van der Waals surface area contributed by atoms with Crippen molar-refractivity contribution in [2.75, 3.05) is 13.2 Å². The maximum atomic E-state index is 10.00. The van der Waals surface area contributed by atoms with Gasteiger partial charge in [-0.25, -0.2) is 0 Å². The molecule has 0 amide bonds. The molecule has 3 atom stereocenters. The van der Waals surface area contributed by atoms with E-state index in [0.29, 0.717) is 25.0 Å². The Balaban J connectivity index is 2.55. The summed E-state index contributed by atoms with van der Waals surface area (Å²) in [7, 11) is 0. The molecule has 98 valence electrons. The Morgan fingerprint density at radius 3 is 2.71 bits per heavy atom. The molecule has 1 aliphatic rings. The van der Waals surface area contributed by atoms with E-state index in [0.717, 1.165) is 0 Å². The van der Waals surface area contributed by atoms with E-state index >= 15 is 0 Å². The van der Waals surface area contributed by atoms with Gasteiger partial charge < -0.3 is 20.3 Å². The molecule has 0 aromatic carbocycles. The van der Waals surface area contributed by atoms with Crippen LogP contribution in [0.5, 0.6) is 0 Å². The Kier molecular flexibility index (Phi) is 5.68. The van der Waals surface area contributed by atoms with Crippen molar-refractivity contribution in [3.8, 4) is 0 Å². The van der Waals surface area contributed by atoms with Gasteiger partial charge in [-0.05, 0) is 13.0 Å². The fourth-order valence-electron chi connectivity index (χ4n) is 1.70. The first-order valence-electron chi connectivity index (χ1n) is 6.17. The lowest BCUT2D eigenvalue weighted by Gasteiger charge is -2.24. The molecular formula is C13H23NO3. The van der Waals surface area contributed by atoms with Crippen LogP contribution < -0.4 is 5.32 Å². The molecule has 0 aliphatic heterocycles. The molecule has 4 nitrogen and oxygen atoms in total. The van der Waals surface area contributed by atoms with Crippen LogP contribution in [0.3, 0.4) is 0 Å². The highest BCUT2D eigenvalue weighted by Crippen LogP contribution is 2.20. The largest absolute Gasteiger partial charge is 0.495 e. The quantitative estimate of drug-likeness (QED) is 0.602. The Labute approximate surface area is 103 Å². The fourth-order valence-corrected chi connectivity index (χ4v) is 1.70. The Hall–Kier alpha value is -0.840. The van der Waals surface area contributed by atoms with Crippen LogP contribution in [0.4, 0.5) is 0 Å². The van der Waals surface area contributed by atoms with E-state index in [1.165, 1.54) is 0 Å². The minimum absolute atomic E-state index is 0.105. The second-order valence-electron chi connectivity index (χ2n) is 4.54. The topological polar surface area (TPSA) is 61.7 Å². The van der Waals surface area contributed by atoms with Gasteiger partial charge in [0.2, 0.25) is 0 Å². The maximum absolute atomic E-state index is 10.00. The SMILES string of the molecule is CCOC1=CC(C(O)CNC(C)C)C=CC1O. The lowest BCUT2D eigenvalue weighted by Crippen LogP contribution is -2.36. The third-order valence-corrected chi connectivity index (χ3v) is 2.65. The molecule has 0 bridgehead atoms. The number of hydrogen-bond acceptors (Lipinski definition) is 4. The highest BCUT2D eigenvalue weighted by molar-refractivity contribution is 5.21. The summed E-state index contributed by atoms with van der Waals surface area (Å²) in [5, 5.41) is 22.8. The Bertz CT molecular complexity index is 286. The molecule has 0 spiro atoms. The van der Waals surface area contributed by atoms with Crippen LogP contribution in [0.25, 0.3) is 0 Å². The van der Waals surface area contributed by atoms with Gasteiger partial charge in [-0.2, -0.15) is 0 Å². The second-order valence-corrected chi connectivity index (χ2v) is 4.54. The number of nitrogens with one attached hydrogen (secondary N) is 1. The van der Waals surface area contributed by atoms with E-state index in [1.54, 1.807) is 12.2 Å². The van der Waals surface area contributed by atoms with Gasteiger partial charge in [-0.1, -0.05) is 26.0 Å². The molecule has 17 heavy (non-hydrogen) atoms. The number of ether oxygens (including phenoxy) is 1. The third kappa shape index (κ3) is 4.50. The van der Waals surface area contributed by atoms with E-state index in [2.05, 4.69) is 5.32 Å². The average Bonchev–Trinajstić information content (AvgIpc) is 2.29. The molecule has 0 aromatic rings. The normalized spacial score (nSPS) is 25.9. The summed E-state index contributed by atoms with van der Waals surface area (Å²) >= 11 is 0. The first-order valence-corrected chi connectivity index (χ1v) is 6.17.